The molecule has 7 heteroatoms. The Morgan fingerprint density at radius 1 is 1.42 bits per heavy atom. The van der Waals surface area contributed by atoms with Crippen LogP contribution in [0.4, 0.5) is 4.79 Å². The highest BCUT2D eigenvalue weighted by Crippen LogP contribution is 2.00. The van der Waals surface area contributed by atoms with Gasteiger partial charge in [-0.25, -0.2) is 4.79 Å². The molecule has 0 aromatic rings. The average Bonchev–Trinajstić information content (AvgIpc) is 2.29. The summed E-state index contributed by atoms with van der Waals surface area (Å²) in [6.45, 7) is 9.53. The van der Waals surface area contributed by atoms with Crippen LogP contribution in [0.5, 0.6) is 0 Å². The van der Waals surface area contributed by atoms with Crippen LogP contribution in [0.2, 0.25) is 0 Å². The van der Waals surface area contributed by atoms with Crippen LogP contribution in [0.3, 0.4) is 0 Å². The molecule has 1 atom stereocenters. The average molecular weight is 293 g/mol. The van der Waals surface area contributed by atoms with Crippen molar-refractivity contribution in [1.29, 1.82) is 0 Å². The molecule has 3 amide bonds. The molecule has 1 saturated heterocycles. The summed E-state index contributed by atoms with van der Waals surface area (Å²) >= 11 is 0. The van der Waals surface area contributed by atoms with Gasteiger partial charge in [0.1, 0.15) is 0 Å². The highest BCUT2D eigenvalue weighted by atomic mass is 35.5. The Labute approximate surface area is 121 Å². The summed E-state index contributed by atoms with van der Waals surface area (Å²) in [5, 5.41) is 8.27. The first-order valence-corrected chi connectivity index (χ1v) is 6.51. The Hall–Kier alpha value is -0.850. The number of nitrogens with one attached hydrogen (secondary N) is 3. The van der Waals surface area contributed by atoms with Gasteiger partial charge in [-0.15, -0.1) is 12.4 Å². The summed E-state index contributed by atoms with van der Waals surface area (Å²) in [6.07, 6.45) is 0. The van der Waals surface area contributed by atoms with E-state index in [9.17, 15) is 9.59 Å². The quantitative estimate of drug-likeness (QED) is 0.691. The molecule has 0 bridgehead atoms. The van der Waals surface area contributed by atoms with Gasteiger partial charge in [-0.05, 0) is 12.8 Å². The van der Waals surface area contributed by atoms with Gasteiger partial charge in [0.2, 0.25) is 5.91 Å². The molecule has 1 unspecified atom stereocenters. The molecule has 0 aromatic heterocycles. The number of hydrogen-bond acceptors (Lipinski definition) is 4. The number of nitrogens with zero attached hydrogens (tertiary/aromatic N) is 1. The van der Waals surface area contributed by atoms with E-state index in [1.54, 1.807) is 0 Å². The molecule has 0 aromatic carbocycles. The molecule has 0 saturated carbocycles. The number of carbonyl (C=O) groups excluding carboxylic acids is 2. The molecule has 0 radical (unpaired) electrons. The van der Waals surface area contributed by atoms with Gasteiger partial charge < -0.3 is 10.6 Å². The zero-order valence-electron chi connectivity index (χ0n) is 11.9. The normalized spacial score (nSPS) is 19.7. The highest BCUT2D eigenvalue weighted by Gasteiger charge is 2.20. The van der Waals surface area contributed by atoms with Crippen molar-refractivity contribution in [3.05, 3.63) is 0 Å². The molecule has 1 fully saturated rings. The van der Waals surface area contributed by atoms with Crippen LogP contribution in [0.25, 0.3) is 0 Å². The monoisotopic (exact) mass is 292 g/mol. The zero-order chi connectivity index (χ0) is 13.5. The first-order valence-electron chi connectivity index (χ1n) is 6.51. The summed E-state index contributed by atoms with van der Waals surface area (Å²) in [6, 6.07) is -0.0836. The van der Waals surface area contributed by atoms with Gasteiger partial charge in [-0.2, -0.15) is 0 Å². The summed E-state index contributed by atoms with van der Waals surface area (Å²) in [4.78, 5) is 25.2. The van der Waals surface area contributed by atoms with Crippen LogP contribution in [-0.4, -0.2) is 55.6 Å². The maximum Gasteiger partial charge on any atom is 0.321 e. The van der Waals surface area contributed by atoms with E-state index < -0.39 is 6.03 Å². The number of hydrogen-bond donors (Lipinski definition) is 3. The number of imide groups is 1. The standard InChI is InChI=1S/C12H24N4O2.ClH/c1-9(2)6-14-12(18)15-11(17)8-16-5-4-13-7-10(16)3;/h9-10,13H,4-8H2,1-3H3,(H2,14,15,17,18);1H. The lowest BCUT2D eigenvalue weighted by Crippen LogP contribution is -2.54. The summed E-state index contributed by atoms with van der Waals surface area (Å²) in [7, 11) is 0. The van der Waals surface area contributed by atoms with Crippen LogP contribution in [0.15, 0.2) is 0 Å². The van der Waals surface area contributed by atoms with E-state index in [0.29, 0.717) is 18.5 Å². The topological polar surface area (TPSA) is 73.5 Å². The van der Waals surface area contributed by atoms with Gasteiger partial charge in [0, 0.05) is 32.2 Å². The van der Waals surface area contributed by atoms with Gasteiger partial charge >= 0.3 is 6.03 Å². The molecule has 6 nitrogen and oxygen atoms in total. The lowest BCUT2D eigenvalue weighted by atomic mass is 10.2. The first-order chi connectivity index (χ1) is 8.49. The Balaban J connectivity index is 0.00000324. The Kier molecular flexibility index (Phi) is 8.71. The van der Waals surface area contributed by atoms with Gasteiger partial charge in [-0.1, -0.05) is 13.8 Å². The zero-order valence-corrected chi connectivity index (χ0v) is 12.7. The highest BCUT2D eigenvalue weighted by molar-refractivity contribution is 5.95. The number of amides is 3. The van der Waals surface area contributed by atoms with Crippen molar-refractivity contribution in [1.82, 2.24) is 20.9 Å². The smallest absolute Gasteiger partial charge is 0.321 e. The predicted octanol–water partition coefficient (Wildman–Crippen LogP) is 0.184. The lowest BCUT2D eigenvalue weighted by Gasteiger charge is -2.33. The third kappa shape index (κ3) is 7.34. The molecule has 1 heterocycles. The minimum Gasteiger partial charge on any atom is -0.338 e. The second kappa shape index (κ2) is 9.12. The molecule has 19 heavy (non-hydrogen) atoms. The van der Waals surface area contributed by atoms with Crippen molar-refractivity contribution in [2.24, 2.45) is 5.92 Å². The van der Waals surface area contributed by atoms with E-state index in [1.165, 1.54) is 0 Å². The molecule has 3 N–H and O–H groups in total. The van der Waals surface area contributed by atoms with E-state index in [0.717, 1.165) is 19.6 Å². The summed E-state index contributed by atoms with van der Waals surface area (Å²) in [5.74, 6) is 0.129. The molecule has 1 aliphatic rings. The van der Waals surface area contributed by atoms with Crippen molar-refractivity contribution in [3.63, 3.8) is 0 Å². The fourth-order valence-electron chi connectivity index (χ4n) is 1.81. The molecule has 112 valence electrons. The lowest BCUT2D eigenvalue weighted by molar-refractivity contribution is -0.121. The SMILES string of the molecule is CC(C)CNC(=O)NC(=O)CN1CCNCC1C.Cl. The van der Waals surface area contributed by atoms with Crippen molar-refractivity contribution in [3.8, 4) is 0 Å². The van der Waals surface area contributed by atoms with E-state index in [2.05, 4.69) is 27.8 Å². The Bertz CT molecular complexity index is 299. The van der Waals surface area contributed by atoms with Crippen LogP contribution in [0, 0.1) is 5.92 Å². The minimum absolute atomic E-state index is 0. The fourth-order valence-corrected chi connectivity index (χ4v) is 1.81. The number of halogens is 1. The van der Waals surface area contributed by atoms with E-state index in [4.69, 9.17) is 0 Å². The predicted molar refractivity (Wildman–Crippen MR) is 77.5 cm³/mol. The summed E-state index contributed by atoms with van der Waals surface area (Å²) < 4.78 is 0. The number of urea groups is 1. The van der Waals surface area contributed by atoms with Crippen LogP contribution in [0.1, 0.15) is 20.8 Å². The van der Waals surface area contributed by atoms with E-state index >= 15 is 0 Å². The van der Waals surface area contributed by atoms with Crippen molar-refractivity contribution >= 4 is 24.3 Å². The van der Waals surface area contributed by atoms with Gasteiger partial charge in [0.15, 0.2) is 0 Å². The van der Waals surface area contributed by atoms with Crippen molar-refractivity contribution in [2.75, 3.05) is 32.7 Å². The first kappa shape index (κ1) is 18.1. The fraction of sp³-hybridized carbons (Fsp3) is 0.833. The molecule has 0 aliphatic carbocycles. The third-order valence-corrected chi connectivity index (χ3v) is 2.91. The molecule has 1 aliphatic heterocycles. The second-order valence-electron chi connectivity index (χ2n) is 5.18. The Morgan fingerprint density at radius 2 is 2.11 bits per heavy atom. The largest absolute Gasteiger partial charge is 0.338 e. The molecular weight excluding hydrogens is 268 g/mol. The maximum absolute atomic E-state index is 11.7. The van der Waals surface area contributed by atoms with Crippen LogP contribution < -0.4 is 16.0 Å². The van der Waals surface area contributed by atoms with Crippen LogP contribution >= 0.6 is 12.4 Å². The minimum atomic E-state index is -0.406. The number of rotatable bonds is 4. The second-order valence-corrected chi connectivity index (χ2v) is 5.18. The van der Waals surface area contributed by atoms with E-state index in [-0.39, 0.29) is 24.9 Å². The van der Waals surface area contributed by atoms with Gasteiger partial charge in [0.05, 0.1) is 6.54 Å². The van der Waals surface area contributed by atoms with E-state index in [1.807, 2.05) is 13.8 Å². The van der Waals surface area contributed by atoms with Gasteiger partial charge in [0.25, 0.3) is 0 Å². The summed E-state index contributed by atoms with van der Waals surface area (Å²) in [5.41, 5.74) is 0. The molecule has 0 spiro atoms. The van der Waals surface area contributed by atoms with Crippen molar-refractivity contribution < 1.29 is 9.59 Å². The maximum atomic E-state index is 11.7. The third-order valence-electron chi connectivity index (χ3n) is 2.91. The Morgan fingerprint density at radius 3 is 2.68 bits per heavy atom. The number of carbonyl (C=O) groups is 2. The van der Waals surface area contributed by atoms with Crippen LogP contribution in [-0.2, 0) is 4.79 Å². The molecule has 1 rings (SSSR count). The molecular formula is C12H25ClN4O2. The van der Waals surface area contributed by atoms with Crippen molar-refractivity contribution in [2.45, 2.75) is 26.8 Å². The number of piperazine rings is 1. The van der Waals surface area contributed by atoms with Gasteiger partial charge in [-0.3, -0.25) is 15.0 Å².